The number of hydrogen-bond donors (Lipinski definition) is 1. The van der Waals surface area contributed by atoms with E-state index >= 15 is 0 Å². The second-order valence-corrected chi connectivity index (χ2v) is 7.46. The maximum atomic E-state index is 12.5. The number of benzene rings is 1. The predicted molar refractivity (Wildman–Crippen MR) is 107 cm³/mol. The first kappa shape index (κ1) is 18.3. The van der Waals surface area contributed by atoms with Gasteiger partial charge < -0.3 is 19.2 Å². The molecule has 2 aromatic heterocycles. The maximum Gasteiger partial charge on any atom is 0.268 e. The fourth-order valence-corrected chi connectivity index (χ4v) is 3.96. The molecule has 0 bridgehead atoms. The molecule has 3 heterocycles. The molecule has 1 aliphatic rings. The molecule has 2 amide bonds. The van der Waals surface area contributed by atoms with Crippen molar-refractivity contribution in [1.29, 1.82) is 0 Å². The standard InChI is InChI=1S/C22H25N3O3/c1-24-18-9-12-28-20(18)14-19(24)22(27)23-15-21(26)25-10-7-17(8-11-25)13-16-5-3-2-4-6-16/h2-6,9,12,14,17H,7-8,10-11,13,15H2,1H3,(H,23,27). The first-order valence-electron chi connectivity index (χ1n) is 9.74. The lowest BCUT2D eigenvalue weighted by atomic mass is 9.90. The third-order valence-electron chi connectivity index (χ3n) is 5.63. The number of nitrogens with one attached hydrogen (secondary N) is 1. The van der Waals surface area contributed by atoms with Gasteiger partial charge in [0.2, 0.25) is 5.91 Å². The van der Waals surface area contributed by atoms with Crippen LogP contribution in [0.25, 0.3) is 11.1 Å². The van der Waals surface area contributed by atoms with Crippen LogP contribution in [0.15, 0.2) is 53.1 Å². The van der Waals surface area contributed by atoms with Crippen molar-refractivity contribution in [3.8, 4) is 0 Å². The van der Waals surface area contributed by atoms with Crippen molar-refractivity contribution in [2.75, 3.05) is 19.6 Å². The van der Waals surface area contributed by atoms with Crippen LogP contribution in [0.3, 0.4) is 0 Å². The lowest BCUT2D eigenvalue weighted by Crippen LogP contribution is -2.44. The fraction of sp³-hybridized carbons (Fsp3) is 0.364. The van der Waals surface area contributed by atoms with Crippen LogP contribution < -0.4 is 5.32 Å². The van der Waals surface area contributed by atoms with E-state index in [4.69, 9.17) is 4.42 Å². The highest BCUT2D eigenvalue weighted by Gasteiger charge is 2.23. The highest BCUT2D eigenvalue weighted by Crippen LogP contribution is 2.22. The third-order valence-corrected chi connectivity index (χ3v) is 5.63. The number of carbonyl (C=O) groups is 2. The van der Waals surface area contributed by atoms with Crippen molar-refractivity contribution in [1.82, 2.24) is 14.8 Å². The largest absolute Gasteiger partial charge is 0.463 e. The van der Waals surface area contributed by atoms with Crippen LogP contribution in [0.4, 0.5) is 0 Å². The van der Waals surface area contributed by atoms with Gasteiger partial charge in [-0.3, -0.25) is 9.59 Å². The molecule has 0 saturated carbocycles. The van der Waals surface area contributed by atoms with Gasteiger partial charge in [0.15, 0.2) is 5.58 Å². The molecule has 28 heavy (non-hydrogen) atoms. The molecular formula is C22H25N3O3. The number of likely N-dealkylation sites (tertiary alicyclic amines) is 1. The summed E-state index contributed by atoms with van der Waals surface area (Å²) in [7, 11) is 1.81. The molecule has 1 N–H and O–H groups in total. The van der Waals surface area contributed by atoms with E-state index in [1.807, 2.05) is 24.1 Å². The average Bonchev–Trinajstić information content (AvgIpc) is 3.30. The summed E-state index contributed by atoms with van der Waals surface area (Å²) in [5.41, 5.74) is 3.37. The molecule has 1 fully saturated rings. The van der Waals surface area contributed by atoms with Gasteiger partial charge in [0, 0.05) is 32.3 Å². The number of furan rings is 1. The average molecular weight is 379 g/mol. The molecule has 1 aromatic carbocycles. The van der Waals surface area contributed by atoms with Crippen LogP contribution in [0.2, 0.25) is 0 Å². The van der Waals surface area contributed by atoms with E-state index in [0.29, 0.717) is 17.2 Å². The number of fused-ring (bicyclic) bond motifs is 1. The minimum absolute atomic E-state index is 0.0225. The zero-order valence-corrected chi connectivity index (χ0v) is 16.1. The molecule has 0 atom stereocenters. The highest BCUT2D eigenvalue weighted by molar-refractivity contribution is 5.99. The Morgan fingerprint density at radius 2 is 1.89 bits per heavy atom. The molecule has 0 unspecified atom stereocenters. The summed E-state index contributed by atoms with van der Waals surface area (Å²) in [5.74, 6) is 0.325. The Morgan fingerprint density at radius 1 is 1.14 bits per heavy atom. The lowest BCUT2D eigenvalue weighted by molar-refractivity contribution is -0.131. The minimum atomic E-state index is -0.263. The first-order valence-corrected chi connectivity index (χ1v) is 9.74. The van der Waals surface area contributed by atoms with Gasteiger partial charge in [-0.05, 0) is 30.7 Å². The molecule has 6 heteroatoms. The smallest absolute Gasteiger partial charge is 0.268 e. The van der Waals surface area contributed by atoms with Gasteiger partial charge in [-0.2, -0.15) is 0 Å². The van der Waals surface area contributed by atoms with E-state index in [9.17, 15) is 9.59 Å². The van der Waals surface area contributed by atoms with E-state index < -0.39 is 0 Å². The van der Waals surface area contributed by atoms with E-state index in [0.717, 1.165) is 37.9 Å². The lowest BCUT2D eigenvalue weighted by Gasteiger charge is -2.32. The number of nitrogens with zero attached hydrogens (tertiary/aromatic N) is 2. The Hall–Kier alpha value is -3.02. The topological polar surface area (TPSA) is 67.5 Å². The number of carbonyl (C=O) groups excluding carboxylic acids is 2. The zero-order valence-electron chi connectivity index (χ0n) is 16.1. The third kappa shape index (κ3) is 3.81. The van der Waals surface area contributed by atoms with Gasteiger partial charge in [0.05, 0.1) is 18.3 Å². The van der Waals surface area contributed by atoms with E-state index in [2.05, 4.69) is 29.6 Å². The number of aromatic nitrogens is 1. The van der Waals surface area contributed by atoms with Gasteiger partial charge in [-0.25, -0.2) is 0 Å². The molecule has 3 aromatic rings. The SMILES string of the molecule is Cn1c(C(=O)NCC(=O)N2CCC(Cc3ccccc3)CC2)cc2occc21. The Bertz CT molecular complexity index is 966. The Morgan fingerprint density at radius 3 is 2.61 bits per heavy atom. The summed E-state index contributed by atoms with van der Waals surface area (Å²) in [6.07, 6.45) is 4.66. The van der Waals surface area contributed by atoms with Crippen LogP contribution in [0.5, 0.6) is 0 Å². The summed E-state index contributed by atoms with van der Waals surface area (Å²) in [4.78, 5) is 26.8. The van der Waals surface area contributed by atoms with E-state index in [-0.39, 0.29) is 18.4 Å². The fourth-order valence-electron chi connectivity index (χ4n) is 3.96. The van der Waals surface area contributed by atoms with Crippen molar-refractivity contribution >= 4 is 22.9 Å². The van der Waals surface area contributed by atoms with Crippen LogP contribution >= 0.6 is 0 Å². The molecule has 4 rings (SSSR count). The molecule has 146 valence electrons. The summed E-state index contributed by atoms with van der Waals surface area (Å²) in [5, 5.41) is 2.75. The quantitative estimate of drug-likeness (QED) is 0.741. The molecule has 6 nitrogen and oxygen atoms in total. The molecular weight excluding hydrogens is 354 g/mol. The minimum Gasteiger partial charge on any atom is -0.463 e. The van der Waals surface area contributed by atoms with Gasteiger partial charge >= 0.3 is 0 Å². The predicted octanol–water partition coefficient (Wildman–Crippen LogP) is 2.98. The molecule has 1 aliphatic heterocycles. The monoisotopic (exact) mass is 379 g/mol. The summed E-state index contributed by atoms with van der Waals surface area (Å²) < 4.78 is 7.10. The first-order chi connectivity index (χ1) is 13.6. The second kappa shape index (κ2) is 7.92. The molecule has 1 saturated heterocycles. The number of piperidine rings is 1. The van der Waals surface area contributed by atoms with Crippen molar-refractivity contribution in [2.45, 2.75) is 19.3 Å². The van der Waals surface area contributed by atoms with E-state index in [1.54, 1.807) is 16.9 Å². The maximum absolute atomic E-state index is 12.5. The number of amides is 2. The Balaban J connectivity index is 1.26. The summed E-state index contributed by atoms with van der Waals surface area (Å²) in [6, 6.07) is 14.0. The summed E-state index contributed by atoms with van der Waals surface area (Å²) >= 11 is 0. The Kier molecular flexibility index (Phi) is 5.19. The second-order valence-electron chi connectivity index (χ2n) is 7.46. The van der Waals surface area contributed by atoms with Crippen molar-refractivity contribution in [2.24, 2.45) is 13.0 Å². The number of hydrogen-bond acceptors (Lipinski definition) is 3. The molecule has 0 spiro atoms. The molecule has 0 aliphatic carbocycles. The van der Waals surface area contributed by atoms with Crippen LogP contribution in [0.1, 0.15) is 28.9 Å². The van der Waals surface area contributed by atoms with Gasteiger partial charge in [0.25, 0.3) is 5.91 Å². The van der Waals surface area contributed by atoms with Gasteiger partial charge in [-0.1, -0.05) is 30.3 Å². The van der Waals surface area contributed by atoms with Crippen LogP contribution in [0, 0.1) is 5.92 Å². The van der Waals surface area contributed by atoms with Crippen molar-refractivity contribution in [3.05, 3.63) is 60.0 Å². The molecule has 0 radical (unpaired) electrons. The Labute approximate surface area is 164 Å². The van der Waals surface area contributed by atoms with Crippen LogP contribution in [-0.2, 0) is 18.3 Å². The number of rotatable bonds is 5. The van der Waals surface area contributed by atoms with Gasteiger partial charge in [0.1, 0.15) is 5.69 Å². The normalized spacial score (nSPS) is 15.1. The van der Waals surface area contributed by atoms with Crippen molar-refractivity contribution in [3.63, 3.8) is 0 Å². The van der Waals surface area contributed by atoms with E-state index in [1.165, 1.54) is 5.56 Å². The number of aryl methyl sites for hydroxylation is 1. The van der Waals surface area contributed by atoms with Crippen LogP contribution in [-0.4, -0.2) is 40.9 Å². The highest BCUT2D eigenvalue weighted by atomic mass is 16.3. The van der Waals surface area contributed by atoms with Crippen molar-refractivity contribution < 1.29 is 14.0 Å². The summed E-state index contributed by atoms with van der Waals surface area (Å²) in [6.45, 7) is 1.53. The van der Waals surface area contributed by atoms with Gasteiger partial charge in [-0.15, -0.1) is 0 Å². The zero-order chi connectivity index (χ0) is 19.5.